The first-order chi connectivity index (χ1) is 9.58. The molecule has 0 bridgehead atoms. The zero-order valence-electron chi connectivity index (χ0n) is 12.2. The lowest BCUT2D eigenvalue weighted by molar-refractivity contribution is -0.142. The number of carbonyl (C=O) groups excluding carboxylic acids is 1. The highest BCUT2D eigenvalue weighted by Gasteiger charge is 2.31. The van der Waals surface area contributed by atoms with Gasteiger partial charge in [0.2, 0.25) is 0 Å². The van der Waals surface area contributed by atoms with Gasteiger partial charge in [-0.1, -0.05) is 12.8 Å². The van der Waals surface area contributed by atoms with Crippen LogP contribution in [-0.2, 0) is 4.79 Å². The van der Waals surface area contributed by atoms with Crippen molar-refractivity contribution in [2.75, 3.05) is 33.2 Å². The van der Waals surface area contributed by atoms with Crippen LogP contribution in [0.5, 0.6) is 0 Å². The van der Waals surface area contributed by atoms with Crippen molar-refractivity contribution >= 4 is 12.0 Å². The molecule has 2 saturated heterocycles. The summed E-state index contributed by atoms with van der Waals surface area (Å²) in [6.45, 7) is 3.27. The van der Waals surface area contributed by atoms with E-state index in [1.165, 1.54) is 4.90 Å². The van der Waals surface area contributed by atoms with E-state index in [0.29, 0.717) is 25.4 Å². The van der Waals surface area contributed by atoms with E-state index in [0.717, 1.165) is 38.8 Å². The summed E-state index contributed by atoms with van der Waals surface area (Å²) in [5, 5.41) is 12.2. The number of hydrogen-bond donors (Lipinski definition) is 2. The van der Waals surface area contributed by atoms with Gasteiger partial charge in [0.1, 0.15) is 6.04 Å². The van der Waals surface area contributed by atoms with Crippen molar-refractivity contribution in [1.29, 1.82) is 0 Å². The number of amides is 2. The maximum Gasteiger partial charge on any atom is 0.326 e. The van der Waals surface area contributed by atoms with E-state index >= 15 is 0 Å². The van der Waals surface area contributed by atoms with Gasteiger partial charge in [-0.3, -0.25) is 0 Å². The van der Waals surface area contributed by atoms with E-state index in [2.05, 4.69) is 17.3 Å². The normalized spacial score (nSPS) is 28.1. The highest BCUT2D eigenvalue weighted by Crippen LogP contribution is 2.18. The summed E-state index contributed by atoms with van der Waals surface area (Å²) in [5.41, 5.74) is 0. The van der Waals surface area contributed by atoms with Crippen LogP contribution in [0, 0.1) is 5.92 Å². The molecular weight excluding hydrogens is 258 g/mol. The minimum atomic E-state index is -0.886. The van der Waals surface area contributed by atoms with E-state index in [-0.39, 0.29) is 6.03 Å². The molecule has 6 nitrogen and oxygen atoms in total. The summed E-state index contributed by atoms with van der Waals surface area (Å²) in [6, 6.07) is -0.877. The molecule has 2 amide bonds. The second-order valence-corrected chi connectivity index (χ2v) is 6.00. The van der Waals surface area contributed by atoms with Gasteiger partial charge in [-0.05, 0) is 38.8 Å². The number of urea groups is 1. The van der Waals surface area contributed by atoms with Crippen molar-refractivity contribution in [1.82, 2.24) is 15.1 Å². The molecule has 0 saturated carbocycles. The Labute approximate surface area is 120 Å². The number of carbonyl (C=O) groups is 2. The highest BCUT2D eigenvalue weighted by atomic mass is 16.4. The molecule has 0 radical (unpaired) electrons. The lowest BCUT2D eigenvalue weighted by Crippen LogP contribution is -2.50. The van der Waals surface area contributed by atoms with E-state index in [4.69, 9.17) is 0 Å². The highest BCUT2D eigenvalue weighted by molar-refractivity contribution is 5.82. The van der Waals surface area contributed by atoms with Crippen molar-refractivity contribution in [2.24, 2.45) is 5.92 Å². The third-order valence-corrected chi connectivity index (χ3v) is 4.33. The van der Waals surface area contributed by atoms with Gasteiger partial charge in [-0.2, -0.15) is 0 Å². The van der Waals surface area contributed by atoms with Gasteiger partial charge in [0.15, 0.2) is 0 Å². The molecule has 6 heteroatoms. The Morgan fingerprint density at radius 1 is 1.20 bits per heavy atom. The van der Waals surface area contributed by atoms with Crippen LogP contribution in [0.25, 0.3) is 0 Å². The van der Waals surface area contributed by atoms with Crippen molar-refractivity contribution < 1.29 is 14.7 Å². The number of nitrogens with zero attached hydrogens (tertiary/aromatic N) is 2. The Morgan fingerprint density at radius 2 is 2.00 bits per heavy atom. The number of likely N-dealkylation sites (tertiary alicyclic amines) is 2. The molecule has 2 N–H and O–H groups in total. The van der Waals surface area contributed by atoms with E-state index < -0.39 is 12.0 Å². The fourth-order valence-electron chi connectivity index (χ4n) is 3.13. The summed E-state index contributed by atoms with van der Waals surface area (Å²) in [5.74, 6) is -0.401. The molecule has 2 unspecified atom stereocenters. The first-order valence-corrected chi connectivity index (χ1v) is 7.53. The fraction of sp³-hybridized carbons (Fsp3) is 0.857. The number of carboxylic acids is 1. The molecule has 2 atom stereocenters. The van der Waals surface area contributed by atoms with E-state index in [9.17, 15) is 14.7 Å². The summed E-state index contributed by atoms with van der Waals surface area (Å²) in [7, 11) is 2.08. The lowest BCUT2D eigenvalue weighted by Gasteiger charge is -2.27. The van der Waals surface area contributed by atoms with Crippen LogP contribution < -0.4 is 5.32 Å². The smallest absolute Gasteiger partial charge is 0.326 e. The Hall–Kier alpha value is -1.30. The molecule has 2 aliphatic rings. The molecule has 2 aliphatic heterocycles. The first-order valence-electron chi connectivity index (χ1n) is 7.53. The minimum absolute atomic E-state index is 0.214. The first kappa shape index (κ1) is 15.1. The Balaban J connectivity index is 1.86. The van der Waals surface area contributed by atoms with Crippen molar-refractivity contribution in [3.8, 4) is 0 Å². The van der Waals surface area contributed by atoms with Crippen molar-refractivity contribution in [2.45, 2.75) is 38.1 Å². The average molecular weight is 283 g/mol. The largest absolute Gasteiger partial charge is 0.480 e. The molecular formula is C14H25N3O3. The molecule has 0 aromatic rings. The Morgan fingerprint density at radius 3 is 2.65 bits per heavy atom. The summed E-state index contributed by atoms with van der Waals surface area (Å²) in [6.07, 6.45) is 4.44. The number of rotatable bonds is 3. The standard InChI is InChI=1S/C14H25N3O3/c1-16-8-6-11(10-16)9-15-14(20)17-7-4-2-3-5-12(17)13(18)19/h11-12H,2-10H2,1H3,(H,15,20)(H,18,19). The summed E-state index contributed by atoms with van der Waals surface area (Å²) in [4.78, 5) is 27.3. The van der Waals surface area contributed by atoms with Gasteiger partial charge >= 0.3 is 12.0 Å². The SMILES string of the molecule is CN1CCC(CNC(=O)N2CCCCCC2C(=O)O)C1. The summed E-state index contributed by atoms with van der Waals surface area (Å²) < 4.78 is 0. The van der Waals surface area contributed by atoms with Crippen LogP contribution in [0.15, 0.2) is 0 Å². The van der Waals surface area contributed by atoms with E-state index in [1.807, 2.05) is 0 Å². The van der Waals surface area contributed by atoms with Crippen LogP contribution in [0.1, 0.15) is 32.1 Å². The zero-order valence-corrected chi connectivity index (χ0v) is 12.2. The van der Waals surface area contributed by atoms with Gasteiger partial charge in [0.05, 0.1) is 0 Å². The second-order valence-electron chi connectivity index (χ2n) is 6.00. The summed E-state index contributed by atoms with van der Waals surface area (Å²) >= 11 is 0. The van der Waals surface area contributed by atoms with E-state index in [1.54, 1.807) is 0 Å². The fourth-order valence-corrected chi connectivity index (χ4v) is 3.13. The Kier molecular flexibility index (Phi) is 5.23. The molecule has 0 aromatic carbocycles. The maximum absolute atomic E-state index is 12.2. The zero-order chi connectivity index (χ0) is 14.5. The lowest BCUT2D eigenvalue weighted by atomic mass is 10.1. The molecule has 0 aromatic heterocycles. The predicted octanol–water partition coefficient (Wildman–Crippen LogP) is 0.977. The van der Waals surface area contributed by atoms with Gasteiger partial charge in [-0.25, -0.2) is 9.59 Å². The second kappa shape index (κ2) is 6.92. The van der Waals surface area contributed by atoms with Crippen LogP contribution in [0.4, 0.5) is 4.79 Å². The topological polar surface area (TPSA) is 72.9 Å². The molecule has 2 rings (SSSR count). The molecule has 2 heterocycles. The van der Waals surface area contributed by atoms with Crippen molar-refractivity contribution in [3.63, 3.8) is 0 Å². The predicted molar refractivity (Wildman–Crippen MR) is 75.6 cm³/mol. The molecule has 0 spiro atoms. The van der Waals surface area contributed by atoms with Gasteiger partial charge in [-0.15, -0.1) is 0 Å². The number of hydrogen-bond acceptors (Lipinski definition) is 3. The van der Waals surface area contributed by atoms with Crippen molar-refractivity contribution in [3.05, 3.63) is 0 Å². The third-order valence-electron chi connectivity index (χ3n) is 4.33. The van der Waals surface area contributed by atoms with Gasteiger partial charge < -0.3 is 20.2 Å². The molecule has 0 aliphatic carbocycles. The van der Waals surface area contributed by atoms with Gasteiger partial charge in [0.25, 0.3) is 0 Å². The number of aliphatic carboxylic acids is 1. The molecule has 2 fully saturated rings. The Bertz CT molecular complexity index is 362. The van der Waals surface area contributed by atoms with Crippen LogP contribution >= 0.6 is 0 Å². The monoisotopic (exact) mass is 283 g/mol. The third kappa shape index (κ3) is 3.85. The number of carboxylic acid groups (broad SMARTS) is 1. The van der Waals surface area contributed by atoms with Crippen LogP contribution in [0.3, 0.4) is 0 Å². The maximum atomic E-state index is 12.2. The number of nitrogens with one attached hydrogen (secondary N) is 1. The quantitative estimate of drug-likeness (QED) is 0.810. The minimum Gasteiger partial charge on any atom is -0.480 e. The molecule has 114 valence electrons. The van der Waals surface area contributed by atoms with Gasteiger partial charge in [0, 0.05) is 19.6 Å². The molecule has 20 heavy (non-hydrogen) atoms. The van der Waals surface area contributed by atoms with Crippen LogP contribution in [0.2, 0.25) is 0 Å². The van der Waals surface area contributed by atoms with Crippen LogP contribution in [-0.4, -0.2) is 66.2 Å². The average Bonchev–Trinajstić information content (AvgIpc) is 2.68.